The van der Waals surface area contributed by atoms with E-state index in [4.69, 9.17) is 4.74 Å². The summed E-state index contributed by atoms with van der Waals surface area (Å²) in [4.78, 5) is 47.5. The number of hydrogen-bond donors (Lipinski definition) is 1. The summed E-state index contributed by atoms with van der Waals surface area (Å²) in [6.45, 7) is 5.95. The number of ether oxygens (including phenoxy) is 1. The van der Waals surface area contributed by atoms with Crippen LogP contribution >= 0.6 is 11.3 Å². The Balaban J connectivity index is 1.40. The van der Waals surface area contributed by atoms with Crippen LogP contribution in [0.2, 0.25) is 0 Å². The number of para-hydroxylation sites is 1. The maximum Gasteiger partial charge on any atom is 0.283 e. The largest absolute Gasteiger partial charge is 0.379 e. The Hall–Kier alpha value is -4.13. The number of aromatic nitrogens is 4. The molecule has 0 atom stereocenters. The van der Waals surface area contributed by atoms with Crippen LogP contribution < -0.4 is 16.4 Å². The van der Waals surface area contributed by atoms with E-state index in [0.29, 0.717) is 47.2 Å². The van der Waals surface area contributed by atoms with Gasteiger partial charge in [0.2, 0.25) is 11.0 Å². The minimum absolute atomic E-state index is 0.244. The van der Waals surface area contributed by atoms with E-state index in [-0.39, 0.29) is 17.7 Å². The lowest BCUT2D eigenvalue weighted by Gasteiger charge is -2.26. The summed E-state index contributed by atoms with van der Waals surface area (Å²) in [6.07, 6.45) is 0.749. The number of amides is 1. The predicted molar refractivity (Wildman–Crippen MR) is 157 cm³/mol. The van der Waals surface area contributed by atoms with Crippen LogP contribution in [0.1, 0.15) is 12.1 Å². The number of halogens is 1. The number of carbonyl (C=O) groups is 1. The fraction of sp³-hybridized carbons (Fsp3) is 0.310. The van der Waals surface area contributed by atoms with Crippen molar-refractivity contribution in [2.24, 2.45) is 0 Å². The summed E-state index contributed by atoms with van der Waals surface area (Å²) < 4.78 is 24.2. The molecule has 1 aliphatic rings. The Morgan fingerprint density at radius 1 is 1.07 bits per heavy atom. The van der Waals surface area contributed by atoms with Gasteiger partial charge in [0, 0.05) is 43.6 Å². The highest BCUT2D eigenvalue weighted by Gasteiger charge is 2.23. The summed E-state index contributed by atoms with van der Waals surface area (Å²) in [7, 11) is 0. The smallest absolute Gasteiger partial charge is 0.283 e. The molecule has 0 bridgehead atoms. The molecule has 0 aliphatic carbocycles. The molecular formula is C29H29FN6O4S. The van der Waals surface area contributed by atoms with Crippen LogP contribution in [0.5, 0.6) is 0 Å². The number of anilines is 1. The fourth-order valence-electron chi connectivity index (χ4n) is 5.27. The quantitative estimate of drug-likeness (QED) is 0.304. The first-order chi connectivity index (χ1) is 19.9. The minimum Gasteiger partial charge on any atom is -0.379 e. The van der Waals surface area contributed by atoms with Crippen LogP contribution in [-0.2, 0) is 22.6 Å². The van der Waals surface area contributed by atoms with Crippen molar-refractivity contribution in [3.63, 3.8) is 0 Å². The second-order valence-corrected chi connectivity index (χ2v) is 11.0. The number of carbonyl (C=O) groups excluding carboxylic acids is 1. The van der Waals surface area contributed by atoms with Gasteiger partial charge in [0.1, 0.15) is 12.4 Å². The molecule has 2 aromatic carbocycles. The SMILES string of the molecule is Cc1c2c(=O)n(-c3nc4ccccc4s3)n(CC(=O)Nc3ccc(F)cc3)c2cc(=O)n1CCCN1CCOCC1. The maximum atomic E-state index is 14.0. The third-order valence-corrected chi connectivity index (χ3v) is 8.33. The lowest BCUT2D eigenvalue weighted by atomic mass is 10.2. The molecule has 41 heavy (non-hydrogen) atoms. The Bertz CT molecular complexity index is 1820. The van der Waals surface area contributed by atoms with E-state index in [0.717, 1.165) is 36.3 Å². The van der Waals surface area contributed by atoms with Crippen LogP contribution in [0.25, 0.3) is 26.3 Å². The van der Waals surface area contributed by atoms with Gasteiger partial charge in [-0.3, -0.25) is 24.0 Å². The van der Waals surface area contributed by atoms with Crippen molar-refractivity contribution in [1.29, 1.82) is 0 Å². The van der Waals surface area contributed by atoms with Crippen LogP contribution in [0, 0.1) is 12.7 Å². The number of rotatable bonds is 8. The Labute approximate surface area is 238 Å². The number of fused-ring (bicyclic) bond motifs is 2. The van der Waals surface area contributed by atoms with Gasteiger partial charge >= 0.3 is 0 Å². The van der Waals surface area contributed by atoms with Gasteiger partial charge in [-0.05, 0) is 49.7 Å². The van der Waals surface area contributed by atoms with E-state index in [1.54, 1.807) is 11.5 Å². The van der Waals surface area contributed by atoms with Crippen molar-refractivity contribution in [2.75, 3.05) is 38.2 Å². The molecule has 1 fully saturated rings. The zero-order valence-electron chi connectivity index (χ0n) is 22.5. The lowest BCUT2D eigenvalue weighted by molar-refractivity contribution is -0.116. The topological polar surface area (TPSA) is 103 Å². The molecule has 0 spiro atoms. The first-order valence-corrected chi connectivity index (χ1v) is 14.3. The van der Waals surface area contributed by atoms with E-state index in [2.05, 4.69) is 15.2 Å². The van der Waals surface area contributed by atoms with Gasteiger partial charge in [-0.1, -0.05) is 23.5 Å². The first-order valence-electron chi connectivity index (χ1n) is 13.5. The third-order valence-electron chi connectivity index (χ3n) is 7.32. The molecule has 1 amide bonds. The number of pyridine rings is 1. The average molecular weight is 577 g/mol. The molecule has 4 heterocycles. The molecule has 10 nitrogen and oxygen atoms in total. The summed E-state index contributed by atoms with van der Waals surface area (Å²) in [5, 5.41) is 3.50. The molecule has 3 aromatic heterocycles. The van der Waals surface area contributed by atoms with Crippen molar-refractivity contribution in [2.45, 2.75) is 26.4 Å². The van der Waals surface area contributed by atoms with E-state index < -0.39 is 11.7 Å². The highest BCUT2D eigenvalue weighted by Crippen LogP contribution is 2.26. The molecule has 1 saturated heterocycles. The van der Waals surface area contributed by atoms with E-state index in [9.17, 15) is 18.8 Å². The number of aryl methyl sites for hydroxylation is 1. The highest BCUT2D eigenvalue weighted by molar-refractivity contribution is 7.20. The van der Waals surface area contributed by atoms with Crippen molar-refractivity contribution < 1.29 is 13.9 Å². The van der Waals surface area contributed by atoms with Crippen molar-refractivity contribution in [1.82, 2.24) is 23.8 Å². The average Bonchev–Trinajstić information content (AvgIpc) is 3.50. The summed E-state index contributed by atoms with van der Waals surface area (Å²) in [5.74, 6) is -0.850. The number of thiazole rings is 1. The zero-order chi connectivity index (χ0) is 28.5. The summed E-state index contributed by atoms with van der Waals surface area (Å²) >= 11 is 1.33. The van der Waals surface area contributed by atoms with Gasteiger partial charge in [-0.25, -0.2) is 9.37 Å². The van der Waals surface area contributed by atoms with Crippen LogP contribution in [0.4, 0.5) is 10.1 Å². The Morgan fingerprint density at radius 3 is 2.59 bits per heavy atom. The van der Waals surface area contributed by atoms with Gasteiger partial charge < -0.3 is 14.6 Å². The number of morpholine rings is 1. The molecule has 0 radical (unpaired) electrons. The fourth-order valence-corrected chi connectivity index (χ4v) is 6.24. The predicted octanol–water partition coefficient (Wildman–Crippen LogP) is 3.37. The van der Waals surface area contributed by atoms with E-state index >= 15 is 0 Å². The molecule has 0 unspecified atom stereocenters. The molecular weight excluding hydrogens is 547 g/mol. The standard InChI is InChI=1S/C29H29FN6O4S/c1-19-27-23(17-26(38)34(19)12-4-11-33-13-15-40-16-14-33)35(18-25(37)31-21-9-7-20(30)8-10-21)36(28(27)39)29-32-22-5-2-3-6-24(22)41-29/h2-3,5-10,17H,4,11-16,18H2,1H3,(H,31,37). The molecule has 0 saturated carbocycles. The molecule has 1 aliphatic heterocycles. The van der Waals surface area contributed by atoms with Crippen molar-refractivity contribution >= 4 is 44.1 Å². The number of nitrogens with one attached hydrogen (secondary N) is 1. The van der Waals surface area contributed by atoms with Crippen molar-refractivity contribution in [3.8, 4) is 5.13 Å². The number of hydrogen-bond acceptors (Lipinski definition) is 7. The highest BCUT2D eigenvalue weighted by atomic mass is 32.1. The maximum absolute atomic E-state index is 14.0. The number of nitrogens with zero attached hydrogens (tertiary/aromatic N) is 5. The number of benzene rings is 2. The molecule has 1 N–H and O–H groups in total. The normalized spacial score (nSPS) is 14.2. The van der Waals surface area contributed by atoms with E-state index in [1.807, 2.05) is 24.3 Å². The second kappa shape index (κ2) is 11.4. The molecule has 6 rings (SSSR count). The van der Waals surface area contributed by atoms with Gasteiger partial charge in [-0.2, -0.15) is 4.68 Å². The van der Waals surface area contributed by atoms with Crippen LogP contribution in [0.3, 0.4) is 0 Å². The summed E-state index contributed by atoms with van der Waals surface area (Å²) in [6, 6.07) is 14.4. The monoisotopic (exact) mass is 576 g/mol. The second-order valence-electron chi connectivity index (χ2n) is 9.98. The molecule has 12 heteroatoms. The zero-order valence-corrected chi connectivity index (χ0v) is 23.3. The van der Waals surface area contributed by atoms with E-state index in [1.165, 1.54) is 51.0 Å². The minimum atomic E-state index is -0.435. The molecule has 212 valence electrons. The van der Waals surface area contributed by atoms with Gasteiger partial charge in [0.05, 0.1) is 34.3 Å². The van der Waals surface area contributed by atoms with Gasteiger partial charge in [-0.15, -0.1) is 0 Å². The van der Waals surface area contributed by atoms with Gasteiger partial charge in [0.15, 0.2) is 0 Å². The third kappa shape index (κ3) is 5.45. The van der Waals surface area contributed by atoms with Crippen LogP contribution in [-0.4, -0.2) is 62.6 Å². The van der Waals surface area contributed by atoms with Crippen molar-refractivity contribution in [3.05, 3.63) is 86.8 Å². The Kier molecular flexibility index (Phi) is 7.52. The van der Waals surface area contributed by atoms with Gasteiger partial charge in [0.25, 0.3) is 11.1 Å². The lowest BCUT2D eigenvalue weighted by Crippen LogP contribution is -2.37. The molecule has 5 aromatic rings. The van der Waals surface area contributed by atoms with Crippen LogP contribution in [0.15, 0.2) is 64.2 Å². The summed E-state index contributed by atoms with van der Waals surface area (Å²) in [5.41, 5.74) is 1.45. The first kappa shape index (κ1) is 27.1. The Morgan fingerprint density at radius 2 is 1.83 bits per heavy atom.